The van der Waals surface area contributed by atoms with Gasteiger partial charge in [0, 0.05) is 18.4 Å². The van der Waals surface area contributed by atoms with Crippen molar-refractivity contribution in [1.29, 1.82) is 0 Å². The summed E-state index contributed by atoms with van der Waals surface area (Å²) in [6, 6.07) is 13.9. The number of hydrogen-bond donors (Lipinski definition) is 2. The highest BCUT2D eigenvalue weighted by Crippen LogP contribution is 2.37. The predicted molar refractivity (Wildman–Crippen MR) is 127 cm³/mol. The monoisotopic (exact) mass is 464 g/mol. The number of pyridine rings is 1. The largest absolute Gasteiger partial charge is 0.496 e. The van der Waals surface area contributed by atoms with Crippen molar-refractivity contribution in [1.82, 2.24) is 10.3 Å². The van der Waals surface area contributed by atoms with Gasteiger partial charge >= 0.3 is 5.97 Å². The molecule has 1 aliphatic rings. The van der Waals surface area contributed by atoms with Gasteiger partial charge in [0.2, 0.25) is 0 Å². The van der Waals surface area contributed by atoms with Gasteiger partial charge in [-0.1, -0.05) is 18.2 Å². The average Bonchev–Trinajstić information content (AvgIpc) is 3.30. The molecule has 1 aliphatic heterocycles. The van der Waals surface area contributed by atoms with Gasteiger partial charge in [0.05, 0.1) is 31.0 Å². The molecule has 4 rings (SSSR count). The second-order valence-corrected chi connectivity index (χ2v) is 8.51. The zero-order valence-electron chi connectivity index (χ0n) is 19.5. The van der Waals surface area contributed by atoms with Crippen molar-refractivity contribution < 1.29 is 28.9 Å². The molecule has 0 unspecified atom stereocenters. The highest BCUT2D eigenvalue weighted by molar-refractivity contribution is 5.89. The lowest BCUT2D eigenvalue weighted by Crippen LogP contribution is -2.51. The summed E-state index contributed by atoms with van der Waals surface area (Å²) in [5, 5.41) is 13.2. The maximum Gasteiger partial charge on any atom is 0.326 e. The third-order valence-corrected chi connectivity index (χ3v) is 6.18. The summed E-state index contributed by atoms with van der Waals surface area (Å²) in [6.45, 7) is 2.20. The van der Waals surface area contributed by atoms with Crippen LogP contribution in [0.25, 0.3) is 22.2 Å². The molecule has 0 aliphatic carbocycles. The van der Waals surface area contributed by atoms with Crippen LogP contribution >= 0.6 is 0 Å². The van der Waals surface area contributed by atoms with E-state index < -0.39 is 23.5 Å². The van der Waals surface area contributed by atoms with E-state index in [9.17, 15) is 14.7 Å². The number of hydrogen-bond acceptors (Lipinski definition) is 6. The van der Waals surface area contributed by atoms with Crippen LogP contribution in [0.3, 0.4) is 0 Å². The van der Waals surface area contributed by atoms with Crippen molar-refractivity contribution in [2.75, 3.05) is 20.8 Å². The van der Waals surface area contributed by atoms with E-state index in [0.717, 1.165) is 28.5 Å². The summed E-state index contributed by atoms with van der Waals surface area (Å²) in [7, 11) is 3.20. The zero-order chi connectivity index (χ0) is 24.3. The normalized spacial score (nSPS) is 18.4. The summed E-state index contributed by atoms with van der Waals surface area (Å²) in [5.74, 6) is -0.173. The Morgan fingerprint density at radius 3 is 2.50 bits per heavy atom. The van der Waals surface area contributed by atoms with E-state index in [-0.39, 0.29) is 6.42 Å². The molecule has 1 aromatic heterocycles. The molecule has 1 amide bonds. The van der Waals surface area contributed by atoms with E-state index in [1.54, 1.807) is 21.1 Å². The van der Waals surface area contributed by atoms with Crippen LogP contribution in [0.15, 0.2) is 48.5 Å². The van der Waals surface area contributed by atoms with E-state index >= 15 is 0 Å². The van der Waals surface area contributed by atoms with Crippen molar-refractivity contribution >= 4 is 22.8 Å². The van der Waals surface area contributed by atoms with E-state index in [1.165, 1.54) is 0 Å². The Hall–Kier alpha value is -3.65. The summed E-state index contributed by atoms with van der Waals surface area (Å²) < 4.78 is 16.5. The number of carbonyl (C=O) groups excluding carboxylic acids is 1. The van der Waals surface area contributed by atoms with Crippen LogP contribution in [0.4, 0.5) is 0 Å². The lowest BCUT2D eigenvalue weighted by Gasteiger charge is -2.24. The number of ether oxygens (including phenoxy) is 3. The van der Waals surface area contributed by atoms with Crippen molar-refractivity contribution in [3.8, 4) is 22.8 Å². The number of aliphatic carboxylic acids is 1. The Morgan fingerprint density at radius 1 is 1.15 bits per heavy atom. The Bertz CT molecular complexity index is 1200. The molecule has 3 aromatic rings. The number of nitrogens with zero attached hydrogens (tertiary/aromatic N) is 1. The summed E-state index contributed by atoms with van der Waals surface area (Å²) in [4.78, 5) is 29.2. The number of methoxy groups -OCH3 is 2. The molecular weight excluding hydrogens is 436 g/mol. The number of benzene rings is 2. The summed E-state index contributed by atoms with van der Waals surface area (Å²) in [6.07, 6.45) is 1.50. The standard InChI is InChI=1S/C26H28N2O6/c1-26(12-5-13-34-26)25(31)28-20(24(29)30)15-16-8-10-18-17(14-16)9-11-19(27-18)23-21(32-2)6-4-7-22(23)33-3/h4,6-11,14,20H,5,12-13,15H2,1-3H3,(H,28,31)(H,29,30)/t20-,26+/m1/s1. The third kappa shape index (κ3) is 4.68. The van der Waals surface area contributed by atoms with E-state index in [0.29, 0.717) is 30.2 Å². The fraction of sp³-hybridized carbons (Fsp3) is 0.346. The maximum atomic E-state index is 12.6. The zero-order valence-corrected chi connectivity index (χ0v) is 19.5. The smallest absolute Gasteiger partial charge is 0.326 e. The average molecular weight is 465 g/mol. The lowest BCUT2D eigenvalue weighted by molar-refractivity contribution is -0.147. The number of fused-ring (bicyclic) bond motifs is 1. The van der Waals surface area contributed by atoms with E-state index in [4.69, 9.17) is 19.2 Å². The molecule has 2 N–H and O–H groups in total. The fourth-order valence-corrected chi connectivity index (χ4v) is 4.25. The van der Waals surface area contributed by atoms with Gasteiger partial charge in [-0.2, -0.15) is 0 Å². The number of carbonyl (C=O) groups is 2. The topological polar surface area (TPSA) is 107 Å². The van der Waals surface area contributed by atoms with Gasteiger partial charge in [0.15, 0.2) is 0 Å². The molecular formula is C26H28N2O6. The third-order valence-electron chi connectivity index (χ3n) is 6.18. The molecule has 8 heteroatoms. The molecule has 0 saturated carbocycles. The van der Waals surface area contributed by atoms with Crippen molar-refractivity contribution in [2.45, 2.75) is 37.8 Å². The first-order valence-electron chi connectivity index (χ1n) is 11.1. The Kier molecular flexibility index (Phi) is 6.70. The fourth-order valence-electron chi connectivity index (χ4n) is 4.25. The minimum absolute atomic E-state index is 0.148. The molecule has 2 heterocycles. The second-order valence-electron chi connectivity index (χ2n) is 8.51. The van der Waals surface area contributed by atoms with Gasteiger partial charge in [0.25, 0.3) is 5.91 Å². The van der Waals surface area contributed by atoms with Crippen LogP contribution in [0.1, 0.15) is 25.3 Å². The molecule has 1 saturated heterocycles. The molecule has 0 bridgehead atoms. The van der Waals surface area contributed by atoms with E-state index in [2.05, 4.69) is 5.32 Å². The second kappa shape index (κ2) is 9.69. The van der Waals surface area contributed by atoms with Crippen LogP contribution in [-0.2, 0) is 20.7 Å². The Balaban J connectivity index is 1.58. The van der Waals surface area contributed by atoms with Gasteiger partial charge in [0.1, 0.15) is 23.1 Å². The lowest BCUT2D eigenvalue weighted by atomic mass is 9.99. The van der Waals surface area contributed by atoms with Gasteiger partial charge in [-0.05, 0) is 55.7 Å². The van der Waals surface area contributed by atoms with Crippen LogP contribution in [0, 0.1) is 0 Å². The molecule has 0 spiro atoms. The molecule has 178 valence electrons. The molecule has 34 heavy (non-hydrogen) atoms. The van der Waals surface area contributed by atoms with Crippen LogP contribution in [-0.4, -0.2) is 54.4 Å². The number of nitrogens with one attached hydrogen (secondary N) is 1. The quantitative estimate of drug-likeness (QED) is 0.525. The van der Waals surface area contributed by atoms with Gasteiger partial charge in [-0.15, -0.1) is 0 Å². The van der Waals surface area contributed by atoms with Gasteiger partial charge in [-0.3, -0.25) is 4.79 Å². The Morgan fingerprint density at radius 2 is 1.88 bits per heavy atom. The highest BCUT2D eigenvalue weighted by Gasteiger charge is 2.39. The van der Waals surface area contributed by atoms with Crippen molar-refractivity contribution in [3.63, 3.8) is 0 Å². The Labute approximate surface area is 197 Å². The van der Waals surface area contributed by atoms with Gasteiger partial charge < -0.3 is 24.6 Å². The number of aromatic nitrogens is 1. The number of carboxylic acids is 1. The minimum atomic E-state index is -1.09. The van der Waals surface area contributed by atoms with E-state index in [1.807, 2.05) is 48.5 Å². The van der Waals surface area contributed by atoms with Crippen LogP contribution < -0.4 is 14.8 Å². The minimum Gasteiger partial charge on any atom is -0.496 e. The summed E-state index contributed by atoms with van der Waals surface area (Å²) >= 11 is 0. The first-order chi connectivity index (χ1) is 16.3. The van der Waals surface area contributed by atoms with Crippen molar-refractivity contribution in [3.05, 3.63) is 54.1 Å². The van der Waals surface area contributed by atoms with Crippen molar-refractivity contribution in [2.24, 2.45) is 0 Å². The maximum absolute atomic E-state index is 12.6. The molecule has 0 radical (unpaired) electrons. The molecule has 2 atom stereocenters. The van der Waals surface area contributed by atoms with Crippen LogP contribution in [0.2, 0.25) is 0 Å². The first-order valence-corrected chi connectivity index (χ1v) is 11.1. The molecule has 1 fully saturated rings. The number of carboxylic acid groups (broad SMARTS) is 1. The van der Waals surface area contributed by atoms with Crippen LogP contribution in [0.5, 0.6) is 11.5 Å². The predicted octanol–water partition coefficient (Wildman–Crippen LogP) is 3.60. The molecule has 2 aromatic carbocycles. The number of rotatable bonds is 8. The SMILES string of the molecule is COc1cccc(OC)c1-c1ccc2cc(C[C@@H](NC(=O)[C@]3(C)CCCO3)C(=O)O)ccc2n1. The number of amides is 1. The summed E-state index contributed by atoms with van der Waals surface area (Å²) in [5.41, 5.74) is 2.01. The highest BCUT2D eigenvalue weighted by atomic mass is 16.5. The van der Waals surface area contributed by atoms with Gasteiger partial charge in [-0.25, -0.2) is 9.78 Å². The first kappa shape index (κ1) is 23.5. The molecule has 8 nitrogen and oxygen atoms in total.